The molecule has 8 nitrogen and oxygen atoms in total. The van der Waals surface area contributed by atoms with Gasteiger partial charge in [0.2, 0.25) is 0 Å². The summed E-state index contributed by atoms with van der Waals surface area (Å²) in [5, 5.41) is 3.05. The molecule has 3 amide bonds. The summed E-state index contributed by atoms with van der Waals surface area (Å²) in [7, 11) is 0. The van der Waals surface area contributed by atoms with E-state index in [0.29, 0.717) is 11.5 Å². The van der Waals surface area contributed by atoms with Gasteiger partial charge in [-0.05, 0) is 56.9 Å². The van der Waals surface area contributed by atoms with Crippen LogP contribution in [0.1, 0.15) is 65.0 Å². The van der Waals surface area contributed by atoms with Crippen LogP contribution in [0.25, 0.3) is 0 Å². The Labute approximate surface area is 185 Å². The number of rotatable bonds is 4. The summed E-state index contributed by atoms with van der Waals surface area (Å²) in [5.74, 6) is -2.74. The Morgan fingerprint density at radius 3 is 2.22 bits per heavy atom. The highest BCUT2D eigenvalue weighted by molar-refractivity contribution is 6.21. The average molecular weight is 436 g/mol. The Morgan fingerprint density at radius 2 is 1.59 bits per heavy atom. The van der Waals surface area contributed by atoms with E-state index in [9.17, 15) is 19.2 Å². The number of benzene rings is 2. The zero-order valence-corrected chi connectivity index (χ0v) is 18.1. The molecule has 0 saturated heterocycles. The van der Waals surface area contributed by atoms with Gasteiger partial charge in [0.1, 0.15) is 11.6 Å². The SMILES string of the molecule is CC(C)(C)OC(=O)NC(C(=O)ON1C(=O)c2ccccc2C1=O)C1CCc2ccccc21. The lowest BCUT2D eigenvalue weighted by Crippen LogP contribution is -2.49. The molecule has 0 fully saturated rings. The summed E-state index contributed by atoms with van der Waals surface area (Å²) in [6.45, 7) is 5.14. The number of alkyl carbamates (subject to hydrolysis) is 1. The minimum atomic E-state index is -1.14. The number of ether oxygens (including phenoxy) is 1. The van der Waals surface area contributed by atoms with Crippen LogP contribution in [0.15, 0.2) is 48.5 Å². The first-order valence-electron chi connectivity index (χ1n) is 10.4. The molecule has 2 aliphatic rings. The fraction of sp³-hybridized carbons (Fsp3) is 0.333. The van der Waals surface area contributed by atoms with Crippen molar-refractivity contribution in [3.05, 3.63) is 70.8 Å². The number of carbonyl (C=O) groups excluding carboxylic acids is 4. The van der Waals surface area contributed by atoms with Crippen molar-refractivity contribution in [2.75, 3.05) is 0 Å². The lowest BCUT2D eigenvalue weighted by atomic mass is 9.93. The summed E-state index contributed by atoms with van der Waals surface area (Å²) < 4.78 is 5.32. The van der Waals surface area contributed by atoms with E-state index in [1.807, 2.05) is 24.3 Å². The molecule has 32 heavy (non-hydrogen) atoms. The predicted octanol–water partition coefficient (Wildman–Crippen LogP) is 3.36. The van der Waals surface area contributed by atoms with Gasteiger partial charge in [0.15, 0.2) is 0 Å². The molecule has 8 heteroatoms. The van der Waals surface area contributed by atoms with Gasteiger partial charge in [0.05, 0.1) is 11.1 Å². The minimum Gasteiger partial charge on any atom is -0.444 e. The van der Waals surface area contributed by atoms with E-state index in [4.69, 9.17) is 9.57 Å². The molecule has 0 saturated carbocycles. The highest BCUT2D eigenvalue weighted by atomic mass is 16.7. The van der Waals surface area contributed by atoms with Crippen molar-refractivity contribution in [3.8, 4) is 0 Å². The molecule has 1 heterocycles. The Bertz CT molecular complexity index is 1070. The van der Waals surface area contributed by atoms with Gasteiger partial charge in [-0.1, -0.05) is 41.5 Å². The molecular formula is C24H24N2O6. The Hall–Kier alpha value is -3.68. The van der Waals surface area contributed by atoms with Crippen LogP contribution in [0.4, 0.5) is 4.79 Å². The second kappa shape index (κ2) is 8.11. The van der Waals surface area contributed by atoms with Crippen molar-refractivity contribution < 1.29 is 28.8 Å². The maximum Gasteiger partial charge on any atom is 0.408 e. The van der Waals surface area contributed by atoms with E-state index in [2.05, 4.69) is 5.32 Å². The average Bonchev–Trinajstić information content (AvgIpc) is 3.26. The number of hydrogen-bond acceptors (Lipinski definition) is 6. The molecule has 166 valence electrons. The van der Waals surface area contributed by atoms with Crippen LogP contribution in [0.5, 0.6) is 0 Å². The highest BCUT2D eigenvalue weighted by Crippen LogP contribution is 2.36. The Morgan fingerprint density at radius 1 is 1.00 bits per heavy atom. The number of aryl methyl sites for hydroxylation is 1. The van der Waals surface area contributed by atoms with Crippen LogP contribution >= 0.6 is 0 Å². The van der Waals surface area contributed by atoms with Crippen molar-refractivity contribution in [3.63, 3.8) is 0 Å². The molecule has 1 aliphatic heterocycles. The van der Waals surface area contributed by atoms with Gasteiger partial charge in [-0.3, -0.25) is 9.59 Å². The van der Waals surface area contributed by atoms with E-state index >= 15 is 0 Å². The third kappa shape index (κ3) is 4.08. The first-order chi connectivity index (χ1) is 15.2. The molecule has 1 aliphatic carbocycles. The number of fused-ring (bicyclic) bond motifs is 2. The van der Waals surface area contributed by atoms with Gasteiger partial charge >= 0.3 is 12.1 Å². The number of imide groups is 1. The van der Waals surface area contributed by atoms with Crippen LogP contribution in [0.3, 0.4) is 0 Å². The fourth-order valence-corrected chi connectivity index (χ4v) is 4.09. The first kappa shape index (κ1) is 21.5. The summed E-state index contributed by atoms with van der Waals surface area (Å²) >= 11 is 0. The van der Waals surface area contributed by atoms with E-state index in [1.165, 1.54) is 12.1 Å². The lowest BCUT2D eigenvalue weighted by molar-refractivity contribution is -0.171. The van der Waals surface area contributed by atoms with Gasteiger partial charge in [-0.25, -0.2) is 9.59 Å². The van der Waals surface area contributed by atoms with Crippen molar-refractivity contribution in [1.82, 2.24) is 10.4 Å². The maximum atomic E-state index is 13.2. The molecular weight excluding hydrogens is 412 g/mol. The minimum absolute atomic E-state index is 0.160. The first-order valence-corrected chi connectivity index (χ1v) is 10.4. The molecule has 0 aromatic heterocycles. The molecule has 2 aromatic carbocycles. The third-order valence-electron chi connectivity index (χ3n) is 5.45. The molecule has 2 atom stereocenters. The van der Waals surface area contributed by atoms with Gasteiger partial charge in [0.25, 0.3) is 11.8 Å². The number of hydrogen-bond donors (Lipinski definition) is 1. The van der Waals surface area contributed by atoms with Gasteiger partial charge in [-0.15, -0.1) is 0 Å². The zero-order valence-electron chi connectivity index (χ0n) is 18.1. The van der Waals surface area contributed by atoms with Crippen molar-refractivity contribution >= 4 is 23.9 Å². The van der Waals surface area contributed by atoms with E-state index < -0.39 is 35.5 Å². The zero-order chi connectivity index (χ0) is 23.0. The lowest BCUT2D eigenvalue weighted by Gasteiger charge is -2.27. The standard InChI is InChI=1S/C24H24N2O6/c1-24(2,3)31-23(30)25-19(16-13-12-14-8-4-5-9-15(14)16)22(29)32-26-20(27)17-10-6-7-11-18(17)21(26)28/h4-11,16,19H,12-13H2,1-3H3,(H,25,30). The molecule has 2 aromatic rings. The molecule has 0 radical (unpaired) electrons. The van der Waals surface area contributed by atoms with Gasteiger partial charge in [-0.2, -0.15) is 0 Å². The maximum absolute atomic E-state index is 13.2. The molecule has 4 rings (SSSR count). The number of hydroxylamine groups is 2. The summed E-state index contributed by atoms with van der Waals surface area (Å²) in [4.78, 5) is 56.2. The molecule has 0 bridgehead atoms. The number of amides is 3. The smallest absolute Gasteiger partial charge is 0.408 e. The molecule has 0 spiro atoms. The quantitative estimate of drug-likeness (QED) is 0.738. The van der Waals surface area contributed by atoms with Crippen molar-refractivity contribution in [2.45, 2.75) is 51.2 Å². The second-order valence-electron chi connectivity index (χ2n) is 8.83. The normalized spacial score (nSPS) is 18.1. The van der Waals surface area contributed by atoms with E-state index in [1.54, 1.807) is 32.9 Å². The monoisotopic (exact) mass is 436 g/mol. The third-order valence-corrected chi connectivity index (χ3v) is 5.45. The van der Waals surface area contributed by atoms with Crippen LogP contribution < -0.4 is 5.32 Å². The summed E-state index contributed by atoms with van der Waals surface area (Å²) in [6, 6.07) is 12.7. The Balaban J connectivity index is 1.59. The van der Waals surface area contributed by atoms with Crippen LogP contribution in [0.2, 0.25) is 0 Å². The number of carbonyl (C=O) groups is 4. The Kier molecular flexibility index (Phi) is 5.46. The second-order valence-corrected chi connectivity index (χ2v) is 8.83. The topological polar surface area (TPSA) is 102 Å². The summed E-state index contributed by atoms with van der Waals surface area (Å²) in [5.41, 5.74) is 1.53. The number of nitrogens with one attached hydrogen (secondary N) is 1. The van der Waals surface area contributed by atoms with Crippen LogP contribution in [-0.2, 0) is 20.8 Å². The van der Waals surface area contributed by atoms with Crippen molar-refractivity contribution in [1.29, 1.82) is 0 Å². The fourth-order valence-electron chi connectivity index (χ4n) is 4.09. The van der Waals surface area contributed by atoms with E-state index in [0.717, 1.165) is 17.5 Å². The van der Waals surface area contributed by atoms with Gasteiger partial charge in [0, 0.05) is 5.92 Å². The largest absolute Gasteiger partial charge is 0.444 e. The van der Waals surface area contributed by atoms with Crippen molar-refractivity contribution in [2.24, 2.45) is 0 Å². The number of nitrogens with zero attached hydrogens (tertiary/aromatic N) is 1. The molecule has 2 unspecified atom stereocenters. The molecule has 1 N–H and O–H groups in total. The van der Waals surface area contributed by atoms with Gasteiger partial charge < -0.3 is 14.9 Å². The van der Waals surface area contributed by atoms with Crippen LogP contribution in [0, 0.1) is 0 Å². The highest BCUT2D eigenvalue weighted by Gasteiger charge is 2.43. The van der Waals surface area contributed by atoms with Crippen LogP contribution in [-0.4, -0.2) is 40.6 Å². The van der Waals surface area contributed by atoms with E-state index in [-0.39, 0.29) is 17.0 Å². The summed E-state index contributed by atoms with van der Waals surface area (Å²) in [6.07, 6.45) is 0.538. The predicted molar refractivity (Wildman–Crippen MR) is 114 cm³/mol.